The molecule has 5 heteroatoms. The van der Waals surface area contributed by atoms with E-state index in [0.717, 1.165) is 16.6 Å². The van der Waals surface area contributed by atoms with Crippen LogP contribution in [0.25, 0.3) is 0 Å². The molecule has 1 atom stereocenters. The summed E-state index contributed by atoms with van der Waals surface area (Å²) in [7, 11) is 0. The van der Waals surface area contributed by atoms with Gasteiger partial charge >= 0.3 is 0 Å². The molecule has 1 N–H and O–H groups in total. The lowest BCUT2D eigenvalue weighted by molar-refractivity contribution is 0.628. The van der Waals surface area contributed by atoms with Crippen LogP contribution in [0.2, 0.25) is 10.0 Å². The van der Waals surface area contributed by atoms with Crippen molar-refractivity contribution in [2.75, 3.05) is 6.54 Å². The quantitative estimate of drug-likeness (QED) is 0.520. The molecule has 0 fully saturated rings. The number of hydrogen-bond donors (Lipinski definition) is 1. The topological polar surface area (TPSA) is 12.0 Å². The smallest absolute Gasteiger partial charge is 0.0595 e. The minimum Gasteiger partial charge on any atom is -0.306 e. The van der Waals surface area contributed by atoms with Crippen molar-refractivity contribution in [2.45, 2.75) is 13.0 Å². The molecule has 2 rings (SSSR count). The lowest BCUT2D eigenvalue weighted by Gasteiger charge is -2.21. The average molecular weight is 485 g/mol. The predicted molar refractivity (Wildman–Crippen MR) is 98.8 cm³/mol. The summed E-state index contributed by atoms with van der Waals surface area (Å²) in [6.45, 7) is 2.96. The van der Waals surface area contributed by atoms with E-state index in [4.69, 9.17) is 23.2 Å². The third-order valence-electron chi connectivity index (χ3n) is 2.95. The largest absolute Gasteiger partial charge is 0.306 e. The van der Waals surface area contributed by atoms with E-state index in [1.165, 1.54) is 9.13 Å². The monoisotopic (exact) mass is 483 g/mol. The Kier molecular flexibility index (Phi) is 6.17. The van der Waals surface area contributed by atoms with Gasteiger partial charge in [0.1, 0.15) is 0 Å². The highest BCUT2D eigenvalue weighted by Crippen LogP contribution is 2.32. The van der Waals surface area contributed by atoms with Gasteiger partial charge < -0.3 is 5.32 Å². The Morgan fingerprint density at radius 3 is 2.55 bits per heavy atom. The summed E-state index contributed by atoms with van der Waals surface area (Å²) >= 11 is 18.0. The van der Waals surface area contributed by atoms with Crippen LogP contribution in [0, 0.1) is 3.57 Å². The number of nitrogens with one attached hydrogen (secondary N) is 1. The lowest BCUT2D eigenvalue weighted by Crippen LogP contribution is -2.22. The maximum Gasteiger partial charge on any atom is 0.0595 e. The van der Waals surface area contributed by atoms with Gasteiger partial charge in [0.15, 0.2) is 0 Å². The maximum atomic E-state index is 6.15. The van der Waals surface area contributed by atoms with Gasteiger partial charge in [-0.1, -0.05) is 52.1 Å². The minimum absolute atomic E-state index is 0.0965. The zero-order chi connectivity index (χ0) is 14.7. The van der Waals surface area contributed by atoms with Crippen molar-refractivity contribution in [3.63, 3.8) is 0 Å². The molecule has 0 heterocycles. The van der Waals surface area contributed by atoms with Gasteiger partial charge in [-0.2, -0.15) is 0 Å². The first-order chi connectivity index (χ1) is 9.52. The minimum atomic E-state index is 0.0965. The second-order valence-corrected chi connectivity index (χ2v) is 7.22. The Morgan fingerprint density at radius 1 is 1.15 bits per heavy atom. The Bertz CT molecular complexity index is 619. The predicted octanol–water partition coefficient (Wildman–Crippen LogP) is 6.06. The van der Waals surface area contributed by atoms with Crippen LogP contribution in [0.5, 0.6) is 0 Å². The molecule has 0 saturated carbocycles. The van der Waals surface area contributed by atoms with Crippen LogP contribution in [0.1, 0.15) is 24.1 Å². The molecule has 0 bridgehead atoms. The van der Waals surface area contributed by atoms with E-state index in [9.17, 15) is 0 Å². The summed E-state index contributed by atoms with van der Waals surface area (Å²) in [6, 6.07) is 12.2. The fraction of sp³-hybridized carbons (Fsp3) is 0.200. The fourth-order valence-electron chi connectivity index (χ4n) is 2.04. The van der Waals surface area contributed by atoms with Crippen molar-refractivity contribution in [1.29, 1.82) is 0 Å². The molecule has 20 heavy (non-hydrogen) atoms. The van der Waals surface area contributed by atoms with Gasteiger partial charge in [-0.25, -0.2) is 0 Å². The van der Waals surface area contributed by atoms with E-state index in [2.05, 4.69) is 62.9 Å². The summed E-state index contributed by atoms with van der Waals surface area (Å²) in [5, 5.41) is 4.66. The van der Waals surface area contributed by atoms with E-state index < -0.39 is 0 Å². The van der Waals surface area contributed by atoms with Crippen molar-refractivity contribution in [3.05, 3.63) is 65.6 Å². The van der Waals surface area contributed by atoms with Gasteiger partial charge in [-0.3, -0.25) is 0 Å². The lowest BCUT2D eigenvalue weighted by atomic mass is 9.99. The molecule has 0 spiro atoms. The van der Waals surface area contributed by atoms with Gasteiger partial charge in [0.25, 0.3) is 0 Å². The first-order valence-electron chi connectivity index (χ1n) is 6.16. The van der Waals surface area contributed by atoms with Crippen LogP contribution < -0.4 is 5.32 Å². The SMILES string of the molecule is CCNC(c1ccc(Cl)c(Cl)c1)c1cc(Br)ccc1I. The molecular formula is C15H13BrCl2IN. The molecule has 0 aliphatic heterocycles. The second-order valence-electron chi connectivity index (χ2n) is 4.33. The highest BCUT2D eigenvalue weighted by molar-refractivity contribution is 14.1. The Labute approximate surface area is 151 Å². The first kappa shape index (κ1) is 16.6. The highest BCUT2D eigenvalue weighted by Gasteiger charge is 2.17. The van der Waals surface area contributed by atoms with Gasteiger partial charge in [-0.15, -0.1) is 0 Å². The summed E-state index contributed by atoms with van der Waals surface area (Å²) in [4.78, 5) is 0. The Hall–Kier alpha value is 0.190. The zero-order valence-electron chi connectivity index (χ0n) is 10.8. The molecule has 1 nitrogen and oxygen atoms in total. The normalized spacial score (nSPS) is 12.4. The van der Waals surface area contributed by atoms with Crippen molar-refractivity contribution in [1.82, 2.24) is 5.32 Å². The van der Waals surface area contributed by atoms with E-state index >= 15 is 0 Å². The molecule has 0 aromatic heterocycles. The summed E-state index contributed by atoms with van der Waals surface area (Å²) < 4.78 is 2.28. The molecule has 2 aromatic carbocycles. The second kappa shape index (κ2) is 7.45. The molecule has 0 aliphatic carbocycles. The molecule has 0 aliphatic rings. The molecule has 0 saturated heterocycles. The van der Waals surface area contributed by atoms with Crippen molar-refractivity contribution >= 4 is 61.7 Å². The maximum absolute atomic E-state index is 6.15. The van der Waals surface area contributed by atoms with Gasteiger partial charge in [0.2, 0.25) is 0 Å². The number of hydrogen-bond acceptors (Lipinski definition) is 1. The molecule has 1 unspecified atom stereocenters. The van der Waals surface area contributed by atoms with E-state index in [1.54, 1.807) is 0 Å². The summed E-state index contributed by atoms with van der Waals surface area (Å²) in [6.07, 6.45) is 0. The van der Waals surface area contributed by atoms with Gasteiger partial charge in [0.05, 0.1) is 16.1 Å². The van der Waals surface area contributed by atoms with E-state index in [-0.39, 0.29) is 6.04 Å². The number of halogens is 4. The van der Waals surface area contributed by atoms with Crippen LogP contribution in [0.15, 0.2) is 40.9 Å². The van der Waals surface area contributed by atoms with Crippen LogP contribution in [-0.2, 0) is 0 Å². The molecule has 0 amide bonds. The van der Waals surface area contributed by atoms with Crippen LogP contribution in [0.4, 0.5) is 0 Å². The van der Waals surface area contributed by atoms with Crippen molar-refractivity contribution in [2.24, 2.45) is 0 Å². The first-order valence-corrected chi connectivity index (χ1v) is 8.79. The van der Waals surface area contributed by atoms with Crippen molar-refractivity contribution < 1.29 is 0 Å². The molecule has 2 aromatic rings. The number of rotatable bonds is 4. The third-order valence-corrected chi connectivity index (χ3v) is 5.17. The Balaban J connectivity index is 2.49. The number of benzene rings is 2. The Morgan fingerprint density at radius 2 is 1.90 bits per heavy atom. The molecule has 106 valence electrons. The molecular weight excluding hydrogens is 472 g/mol. The van der Waals surface area contributed by atoms with Crippen LogP contribution in [-0.4, -0.2) is 6.54 Å². The van der Waals surface area contributed by atoms with E-state index in [0.29, 0.717) is 10.0 Å². The summed E-state index contributed by atoms with van der Waals surface area (Å²) in [5.41, 5.74) is 2.33. The zero-order valence-corrected chi connectivity index (χ0v) is 16.0. The van der Waals surface area contributed by atoms with Crippen LogP contribution >= 0.6 is 61.7 Å². The highest BCUT2D eigenvalue weighted by atomic mass is 127. The van der Waals surface area contributed by atoms with Crippen LogP contribution in [0.3, 0.4) is 0 Å². The molecule has 0 radical (unpaired) electrons. The van der Waals surface area contributed by atoms with E-state index in [1.807, 2.05) is 24.3 Å². The summed E-state index contributed by atoms with van der Waals surface area (Å²) in [5.74, 6) is 0. The standard InChI is InChI=1S/C15H13BrCl2IN/c1-2-20-15(9-3-5-12(17)13(18)7-9)11-8-10(16)4-6-14(11)19/h3-8,15,20H,2H2,1H3. The van der Waals surface area contributed by atoms with Gasteiger partial charge in [-0.05, 0) is 70.6 Å². The third kappa shape index (κ3) is 3.89. The van der Waals surface area contributed by atoms with Gasteiger partial charge in [0, 0.05) is 8.04 Å². The average Bonchev–Trinajstić information content (AvgIpc) is 2.42. The van der Waals surface area contributed by atoms with Crippen molar-refractivity contribution in [3.8, 4) is 0 Å². The fourth-order valence-corrected chi connectivity index (χ4v) is 3.37.